The summed E-state index contributed by atoms with van der Waals surface area (Å²) >= 11 is 1.16. The normalized spacial score (nSPS) is 9.93. The van der Waals surface area contributed by atoms with Gasteiger partial charge in [0.2, 0.25) is 0 Å². The van der Waals surface area contributed by atoms with Gasteiger partial charge in [-0.05, 0) is 30.1 Å². The van der Waals surface area contributed by atoms with Crippen LogP contribution in [-0.2, 0) is 0 Å². The van der Waals surface area contributed by atoms with Crippen LogP contribution in [0, 0.1) is 6.92 Å². The predicted octanol–water partition coefficient (Wildman–Crippen LogP) is 2.10. The molecule has 1 aromatic carbocycles. The second kappa shape index (κ2) is 4.18. The van der Waals surface area contributed by atoms with Gasteiger partial charge in [-0.2, -0.15) is 0 Å². The fourth-order valence-corrected chi connectivity index (χ4v) is 1.60. The van der Waals surface area contributed by atoms with Gasteiger partial charge in [-0.3, -0.25) is 4.79 Å². The van der Waals surface area contributed by atoms with Gasteiger partial charge in [-0.1, -0.05) is 22.7 Å². The van der Waals surface area contributed by atoms with Gasteiger partial charge >= 0.3 is 0 Å². The van der Waals surface area contributed by atoms with Crippen LogP contribution in [0.5, 0.6) is 0 Å². The molecule has 4 nitrogen and oxygen atoms in total. The lowest BCUT2D eigenvalue weighted by atomic mass is 10.2. The van der Waals surface area contributed by atoms with E-state index in [0.29, 0.717) is 5.69 Å². The van der Waals surface area contributed by atoms with Crippen molar-refractivity contribution in [3.8, 4) is 0 Å². The Morgan fingerprint density at radius 1 is 1.40 bits per heavy atom. The molecule has 2 aromatic rings. The van der Waals surface area contributed by atoms with Crippen LogP contribution < -0.4 is 5.32 Å². The number of rotatable bonds is 2. The predicted molar refractivity (Wildman–Crippen MR) is 59.0 cm³/mol. The number of benzene rings is 1. The Balaban J connectivity index is 2.17. The molecule has 0 spiro atoms. The van der Waals surface area contributed by atoms with Gasteiger partial charge < -0.3 is 5.32 Å². The van der Waals surface area contributed by atoms with Gasteiger partial charge in [0, 0.05) is 11.1 Å². The maximum atomic E-state index is 11.6. The minimum atomic E-state index is -0.224. The third kappa shape index (κ3) is 2.19. The molecule has 1 amide bonds. The van der Waals surface area contributed by atoms with Crippen molar-refractivity contribution in [3.05, 3.63) is 40.9 Å². The molecule has 1 heterocycles. The third-order valence-corrected chi connectivity index (χ3v) is 2.49. The fourth-order valence-electron chi connectivity index (χ4n) is 1.16. The first-order chi connectivity index (χ1) is 7.27. The highest BCUT2D eigenvalue weighted by Gasteiger charge is 2.09. The van der Waals surface area contributed by atoms with E-state index in [9.17, 15) is 4.79 Å². The van der Waals surface area contributed by atoms with Crippen LogP contribution in [0.15, 0.2) is 29.6 Å². The summed E-state index contributed by atoms with van der Waals surface area (Å²) in [5, 5.41) is 8.09. The maximum absolute atomic E-state index is 11.6. The van der Waals surface area contributed by atoms with Crippen molar-refractivity contribution < 1.29 is 4.79 Å². The highest BCUT2D eigenvalue weighted by atomic mass is 32.1. The summed E-state index contributed by atoms with van der Waals surface area (Å²) in [6.07, 6.45) is 0. The summed E-state index contributed by atoms with van der Waals surface area (Å²) < 4.78 is 3.64. The Hall–Kier alpha value is -1.75. The number of carbonyl (C=O) groups excluding carboxylic acids is 1. The van der Waals surface area contributed by atoms with Crippen LogP contribution in [0.3, 0.4) is 0 Å². The van der Waals surface area contributed by atoms with Crippen molar-refractivity contribution in [2.75, 3.05) is 5.32 Å². The summed E-state index contributed by atoms with van der Waals surface area (Å²) in [6, 6.07) is 7.60. The molecule has 5 heteroatoms. The molecule has 0 saturated heterocycles. The summed E-state index contributed by atoms with van der Waals surface area (Å²) in [5.74, 6) is -0.224. The van der Waals surface area contributed by atoms with E-state index in [-0.39, 0.29) is 5.91 Å². The van der Waals surface area contributed by atoms with Crippen molar-refractivity contribution >= 4 is 23.1 Å². The number of aromatic nitrogens is 2. The van der Waals surface area contributed by atoms with E-state index in [1.54, 1.807) is 5.38 Å². The first-order valence-electron chi connectivity index (χ1n) is 4.41. The average molecular weight is 219 g/mol. The van der Waals surface area contributed by atoms with Crippen molar-refractivity contribution in [2.24, 2.45) is 0 Å². The SMILES string of the molecule is Cc1ccccc1NC(=O)c1csnn1. The summed E-state index contributed by atoms with van der Waals surface area (Å²) in [5.41, 5.74) is 2.17. The van der Waals surface area contributed by atoms with E-state index in [4.69, 9.17) is 0 Å². The van der Waals surface area contributed by atoms with Gasteiger partial charge in [0.15, 0.2) is 5.69 Å². The summed E-state index contributed by atoms with van der Waals surface area (Å²) in [6.45, 7) is 1.94. The average Bonchev–Trinajstić information content (AvgIpc) is 2.74. The molecule has 1 aromatic heterocycles. The van der Waals surface area contributed by atoms with Gasteiger partial charge in [-0.15, -0.1) is 5.10 Å². The van der Waals surface area contributed by atoms with E-state index >= 15 is 0 Å². The number of carbonyl (C=O) groups is 1. The van der Waals surface area contributed by atoms with E-state index in [2.05, 4.69) is 14.9 Å². The molecule has 0 saturated carbocycles. The largest absolute Gasteiger partial charge is 0.320 e. The van der Waals surface area contributed by atoms with Gasteiger partial charge in [0.25, 0.3) is 5.91 Å². The third-order valence-electron chi connectivity index (χ3n) is 1.99. The Morgan fingerprint density at radius 2 is 2.20 bits per heavy atom. The first kappa shape index (κ1) is 9.79. The first-order valence-corrected chi connectivity index (χ1v) is 5.25. The second-order valence-corrected chi connectivity index (χ2v) is 3.67. The topological polar surface area (TPSA) is 54.9 Å². The van der Waals surface area contributed by atoms with Crippen molar-refractivity contribution in [3.63, 3.8) is 0 Å². The maximum Gasteiger partial charge on any atom is 0.277 e. The van der Waals surface area contributed by atoms with Crippen LogP contribution in [0.1, 0.15) is 16.1 Å². The van der Waals surface area contributed by atoms with Crippen LogP contribution in [0.4, 0.5) is 5.69 Å². The lowest BCUT2D eigenvalue weighted by Crippen LogP contribution is -2.13. The minimum absolute atomic E-state index is 0.224. The van der Waals surface area contributed by atoms with Crippen LogP contribution in [0.25, 0.3) is 0 Å². The molecular formula is C10H9N3OS. The van der Waals surface area contributed by atoms with Crippen molar-refractivity contribution in [1.82, 2.24) is 9.59 Å². The van der Waals surface area contributed by atoms with Crippen LogP contribution in [-0.4, -0.2) is 15.5 Å². The summed E-state index contributed by atoms with van der Waals surface area (Å²) in [7, 11) is 0. The van der Waals surface area contributed by atoms with E-state index in [0.717, 1.165) is 22.8 Å². The second-order valence-electron chi connectivity index (χ2n) is 3.06. The number of amides is 1. The molecule has 0 radical (unpaired) electrons. The Bertz CT molecular complexity index is 467. The number of hydrogen-bond donors (Lipinski definition) is 1. The molecule has 0 aliphatic carbocycles. The lowest BCUT2D eigenvalue weighted by Gasteiger charge is -2.05. The van der Waals surface area contributed by atoms with E-state index in [1.165, 1.54) is 0 Å². The molecule has 15 heavy (non-hydrogen) atoms. The number of hydrogen-bond acceptors (Lipinski definition) is 4. The monoisotopic (exact) mass is 219 g/mol. The summed E-state index contributed by atoms with van der Waals surface area (Å²) in [4.78, 5) is 11.6. The van der Waals surface area contributed by atoms with E-state index < -0.39 is 0 Å². The number of aryl methyl sites for hydroxylation is 1. The number of anilines is 1. The molecule has 0 atom stereocenters. The zero-order valence-electron chi connectivity index (χ0n) is 8.10. The van der Waals surface area contributed by atoms with Crippen molar-refractivity contribution in [1.29, 1.82) is 0 Å². The zero-order valence-corrected chi connectivity index (χ0v) is 8.91. The quantitative estimate of drug-likeness (QED) is 0.841. The molecule has 0 fully saturated rings. The molecule has 0 aliphatic rings. The minimum Gasteiger partial charge on any atom is -0.320 e. The highest BCUT2D eigenvalue weighted by molar-refractivity contribution is 7.03. The van der Waals surface area contributed by atoms with Gasteiger partial charge in [-0.25, -0.2) is 0 Å². The Labute approximate surface area is 91.1 Å². The number of nitrogens with one attached hydrogen (secondary N) is 1. The van der Waals surface area contributed by atoms with Crippen LogP contribution in [0.2, 0.25) is 0 Å². The standard InChI is InChI=1S/C10H9N3OS/c1-7-4-2-3-5-8(7)11-10(14)9-6-15-13-12-9/h2-6H,1H3,(H,11,14). The number of para-hydroxylation sites is 1. The zero-order chi connectivity index (χ0) is 10.7. The smallest absolute Gasteiger partial charge is 0.277 e. The molecule has 2 rings (SSSR count). The molecule has 0 bridgehead atoms. The molecule has 1 N–H and O–H groups in total. The van der Waals surface area contributed by atoms with Gasteiger partial charge in [0.1, 0.15) is 0 Å². The van der Waals surface area contributed by atoms with E-state index in [1.807, 2.05) is 31.2 Å². The van der Waals surface area contributed by atoms with Crippen molar-refractivity contribution in [2.45, 2.75) is 6.92 Å². The molecule has 76 valence electrons. The molecule has 0 aliphatic heterocycles. The lowest BCUT2D eigenvalue weighted by molar-refractivity contribution is 0.102. The number of nitrogens with zero attached hydrogens (tertiary/aromatic N) is 2. The van der Waals surface area contributed by atoms with Crippen LogP contribution >= 0.6 is 11.5 Å². The fraction of sp³-hybridized carbons (Fsp3) is 0.100. The Morgan fingerprint density at radius 3 is 2.87 bits per heavy atom. The molecular weight excluding hydrogens is 210 g/mol. The Kier molecular flexibility index (Phi) is 2.73. The molecule has 0 unspecified atom stereocenters. The van der Waals surface area contributed by atoms with Gasteiger partial charge in [0.05, 0.1) is 0 Å². The highest BCUT2D eigenvalue weighted by Crippen LogP contribution is 2.14.